The van der Waals surface area contributed by atoms with Crippen LogP contribution in [0.3, 0.4) is 0 Å². The molecule has 0 aliphatic heterocycles. The second kappa shape index (κ2) is 7.60. The molecule has 1 heterocycles. The van der Waals surface area contributed by atoms with Crippen molar-refractivity contribution in [1.82, 2.24) is 4.98 Å². The van der Waals surface area contributed by atoms with E-state index in [2.05, 4.69) is 16.2 Å². The highest BCUT2D eigenvalue weighted by atomic mass is 16.6. The maximum Gasteiger partial charge on any atom is 0.311 e. The van der Waals surface area contributed by atoms with Gasteiger partial charge in [-0.05, 0) is 12.1 Å². The smallest absolute Gasteiger partial charge is 0.311 e. The van der Waals surface area contributed by atoms with Crippen molar-refractivity contribution in [3.8, 4) is 18.1 Å². The third-order valence-corrected chi connectivity index (χ3v) is 3.00. The van der Waals surface area contributed by atoms with E-state index < -0.39 is 4.92 Å². The van der Waals surface area contributed by atoms with Gasteiger partial charge in [0.15, 0.2) is 0 Å². The van der Waals surface area contributed by atoms with E-state index in [0.717, 1.165) is 0 Å². The molecule has 1 amide bonds. The molecule has 0 atom stereocenters. The molecule has 1 aromatic heterocycles. The minimum Gasteiger partial charge on any atom is -0.481 e. The Hall–Kier alpha value is -3.60. The summed E-state index contributed by atoms with van der Waals surface area (Å²) in [7, 11) is 0. The second-order valence-corrected chi connectivity index (χ2v) is 4.68. The number of nitrogens with zero attached hydrogens (tertiary/aromatic N) is 2. The number of benzene rings is 1. The van der Waals surface area contributed by atoms with Gasteiger partial charge in [0, 0.05) is 11.6 Å². The average Bonchev–Trinajstić information content (AvgIpc) is 2.53. The van der Waals surface area contributed by atoms with Crippen molar-refractivity contribution < 1.29 is 14.5 Å². The molecule has 0 saturated carbocycles. The Bertz CT molecular complexity index is 814. The van der Waals surface area contributed by atoms with Crippen LogP contribution in [0, 0.1) is 22.5 Å². The summed E-state index contributed by atoms with van der Waals surface area (Å²) in [6.45, 7) is 0.0963. The largest absolute Gasteiger partial charge is 0.481 e. The first-order valence-corrected chi connectivity index (χ1v) is 6.86. The number of nitro groups is 1. The van der Waals surface area contributed by atoms with Gasteiger partial charge in [-0.25, -0.2) is 4.98 Å². The standard InChI is InChI=1S/C16H14N4O4/c1-2-9-24-13-6-4-3-5-11(13)10-15(21)18-14-8-7-12(20(22)23)16(17)19-14/h1,3-8H,9-10H2,(H3,17,18,19,21). The molecule has 3 N–H and O–H groups in total. The number of hydrogen-bond donors (Lipinski definition) is 2. The highest BCUT2D eigenvalue weighted by Crippen LogP contribution is 2.22. The maximum absolute atomic E-state index is 12.1. The number of carbonyl (C=O) groups is 1. The monoisotopic (exact) mass is 326 g/mol. The Labute approximate surface area is 137 Å². The number of para-hydroxylation sites is 1. The van der Waals surface area contributed by atoms with Crippen LogP contribution in [0.25, 0.3) is 0 Å². The van der Waals surface area contributed by atoms with Crippen molar-refractivity contribution >= 4 is 23.2 Å². The Morgan fingerprint density at radius 1 is 1.38 bits per heavy atom. The van der Waals surface area contributed by atoms with E-state index in [-0.39, 0.29) is 36.3 Å². The van der Waals surface area contributed by atoms with Crippen LogP contribution in [0.2, 0.25) is 0 Å². The summed E-state index contributed by atoms with van der Waals surface area (Å²) in [5, 5.41) is 13.2. The van der Waals surface area contributed by atoms with Crippen molar-refractivity contribution in [3.63, 3.8) is 0 Å². The highest BCUT2D eigenvalue weighted by molar-refractivity contribution is 5.92. The van der Waals surface area contributed by atoms with Crippen molar-refractivity contribution in [3.05, 3.63) is 52.1 Å². The van der Waals surface area contributed by atoms with Crippen LogP contribution in [0.15, 0.2) is 36.4 Å². The van der Waals surface area contributed by atoms with Gasteiger partial charge in [-0.1, -0.05) is 24.1 Å². The summed E-state index contributed by atoms with van der Waals surface area (Å²) in [5.41, 5.74) is 5.82. The number of pyridine rings is 1. The normalized spacial score (nSPS) is 9.79. The van der Waals surface area contributed by atoms with E-state index in [1.165, 1.54) is 12.1 Å². The summed E-state index contributed by atoms with van der Waals surface area (Å²) in [6.07, 6.45) is 5.18. The summed E-state index contributed by atoms with van der Waals surface area (Å²) in [4.78, 5) is 26.0. The number of nitrogen functional groups attached to an aromatic ring is 1. The predicted molar refractivity (Wildman–Crippen MR) is 88.4 cm³/mol. The average molecular weight is 326 g/mol. The predicted octanol–water partition coefficient (Wildman–Crippen LogP) is 1.77. The van der Waals surface area contributed by atoms with Crippen LogP contribution >= 0.6 is 0 Å². The fourth-order valence-corrected chi connectivity index (χ4v) is 1.96. The maximum atomic E-state index is 12.1. The Morgan fingerprint density at radius 3 is 2.79 bits per heavy atom. The number of anilines is 2. The molecule has 0 aliphatic carbocycles. The molecule has 2 rings (SSSR count). The number of rotatable bonds is 6. The molecule has 0 bridgehead atoms. The van der Waals surface area contributed by atoms with Crippen LogP contribution in [-0.4, -0.2) is 22.4 Å². The number of aromatic nitrogens is 1. The number of amides is 1. The van der Waals surface area contributed by atoms with Gasteiger partial charge in [-0.2, -0.15) is 0 Å². The van der Waals surface area contributed by atoms with Crippen molar-refractivity contribution in [2.75, 3.05) is 17.7 Å². The first-order valence-electron chi connectivity index (χ1n) is 6.86. The summed E-state index contributed by atoms with van der Waals surface area (Å²) in [5.74, 6) is 2.36. The zero-order chi connectivity index (χ0) is 17.5. The molecule has 0 radical (unpaired) electrons. The lowest BCUT2D eigenvalue weighted by Crippen LogP contribution is -2.16. The van der Waals surface area contributed by atoms with Crippen molar-refractivity contribution in [1.29, 1.82) is 0 Å². The zero-order valence-corrected chi connectivity index (χ0v) is 12.6. The molecule has 8 nitrogen and oxygen atoms in total. The lowest BCUT2D eigenvalue weighted by molar-refractivity contribution is -0.384. The van der Waals surface area contributed by atoms with Gasteiger partial charge in [0.05, 0.1) is 11.3 Å². The van der Waals surface area contributed by atoms with Gasteiger partial charge < -0.3 is 15.8 Å². The fourth-order valence-electron chi connectivity index (χ4n) is 1.96. The number of terminal acetylenes is 1. The van der Waals surface area contributed by atoms with E-state index in [1.807, 2.05) is 0 Å². The summed E-state index contributed by atoms with van der Waals surface area (Å²) < 4.78 is 5.37. The quantitative estimate of drug-likeness (QED) is 0.474. The number of nitrogens with two attached hydrogens (primary N) is 1. The molecular formula is C16H14N4O4. The molecule has 2 aromatic rings. The number of ether oxygens (including phenoxy) is 1. The number of carbonyl (C=O) groups excluding carboxylic acids is 1. The molecule has 0 spiro atoms. The molecular weight excluding hydrogens is 312 g/mol. The molecule has 0 aliphatic rings. The molecule has 1 aromatic carbocycles. The molecule has 0 unspecified atom stereocenters. The third kappa shape index (κ3) is 4.20. The van der Waals surface area contributed by atoms with E-state index >= 15 is 0 Å². The Kier molecular flexibility index (Phi) is 5.31. The van der Waals surface area contributed by atoms with Gasteiger partial charge in [0.1, 0.15) is 18.2 Å². The van der Waals surface area contributed by atoms with E-state index in [1.54, 1.807) is 24.3 Å². The highest BCUT2D eigenvalue weighted by Gasteiger charge is 2.15. The topological polar surface area (TPSA) is 120 Å². The van der Waals surface area contributed by atoms with Crippen LogP contribution in [0.4, 0.5) is 17.3 Å². The van der Waals surface area contributed by atoms with Crippen molar-refractivity contribution in [2.45, 2.75) is 6.42 Å². The third-order valence-electron chi connectivity index (χ3n) is 3.00. The molecule has 0 saturated heterocycles. The van der Waals surface area contributed by atoms with Gasteiger partial charge >= 0.3 is 5.69 Å². The minimum atomic E-state index is -0.646. The summed E-state index contributed by atoms with van der Waals surface area (Å²) in [6, 6.07) is 9.49. The minimum absolute atomic E-state index is 0.0271. The first kappa shape index (κ1) is 16.8. The number of hydrogen-bond acceptors (Lipinski definition) is 6. The molecule has 24 heavy (non-hydrogen) atoms. The van der Waals surface area contributed by atoms with Gasteiger partial charge in [0.25, 0.3) is 0 Å². The van der Waals surface area contributed by atoms with Crippen LogP contribution in [-0.2, 0) is 11.2 Å². The van der Waals surface area contributed by atoms with Gasteiger partial charge in [-0.3, -0.25) is 14.9 Å². The van der Waals surface area contributed by atoms with E-state index in [9.17, 15) is 14.9 Å². The van der Waals surface area contributed by atoms with E-state index in [0.29, 0.717) is 11.3 Å². The SMILES string of the molecule is C#CCOc1ccccc1CC(=O)Nc1ccc([N+](=O)[O-])c(N)n1. The van der Waals surface area contributed by atoms with Crippen LogP contribution in [0.1, 0.15) is 5.56 Å². The van der Waals surface area contributed by atoms with Gasteiger partial charge in [0.2, 0.25) is 11.7 Å². The zero-order valence-electron chi connectivity index (χ0n) is 12.6. The van der Waals surface area contributed by atoms with Crippen molar-refractivity contribution in [2.24, 2.45) is 0 Å². The first-order chi connectivity index (χ1) is 11.5. The van der Waals surface area contributed by atoms with Gasteiger partial charge in [-0.15, -0.1) is 6.42 Å². The Morgan fingerprint density at radius 2 is 2.12 bits per heavy atom. The lowest BCUT2D eigenvalue weighted by atomic mass is 10.1. The number of nitrogens with one attached hydrogen (secondary N) is 1. The second-order valence-electron chi connectivity index (χ2n) is 4.68. The lowest BCUT2D eigenvalue weighted by Gasteiger charge is -2.10. The van der Waals surface area contributed by atoms with E-state index in [4.69, 9.17) is 16.9 Å². The van der Waals surface area contributed by atoms with Crippen LogP contribution in [0.5, 0.6) is 5.75 Å². The molecule has 122 valence electrons. The molecule has 0 fully saturated rings. The van der Waals surface area contributed by atoms with Crippen LogP contribution < -0.4 is 15.8 Å². The summed E-state index contributed by atoms with van der Waals surface area (Å²) >= 11 is 0. The molecule has 8 heteroatoms. The fraction of sp³-hybridized carbons (Fsp3) is 0.125. The Balaban J connectivity index is 2.08.